The molecule has 2 aromatic rings. The van der Waals surface area contributed by atoms with E-state index in [1.54, 1.807) is 0 Å². The minimum absolute atomic E-state index is 0.0188. The molecule has 0 saturated carbocycles. The number of H-pyrrole nitrogens is 1. The van der Waals surface area contributed by atoms with E-state index >= 15 is 0 Å². The number of thiophene rings is 1. The summed E-state index contributed by atoms with van der Waals surface area (Å²) in [6.45, 7) is 6.93. The van der Waals surface area contributed by atoms with Gasteiger partial charge in [0.05, 0.1) is 16.4 Å². The highest BCUT2D eigenvalue weighted by Gasteiger charge is 2.15. The molecular weight excluding hydrogens is 332 g/mol. The number of nitrogens with zero attached hydrogens (tertiary/aromatic N) is 1. The van der Waals surface area contributed by atoms with Gasteiger partial charge in [-0.15, -0.1) is 23.1 Å². The first-order valence-corrected chi connectivity index (χ1v) is 9.38. The molecule has 0 spiro atoms. The molecule has 0 aliphatic heterocycles. The van der Waals surface area contributed by atoms with Crippen molar-refractivity contribution >= 4 is 39.2 Å². The number of rotatable bonds is 7. The van der Waals surface area contributed by atoms with Gasteiger partial charge in [-0.3, -0.25) is 9.59 Å². The van der Waals surface area contributed by atoms with E-state index in [-0.39, 0.29) is 16.7 Å². The standard InChI is InChI=1S/C15H22N4O2S2/c1-8-9(2)23-15-12(8)14(21)18-11(19-15)7-22-10(3)13(20)17-6-4-5-16/h10H,4-7,16H2,1-3H3,(H,17,20)(H,18,19,21). The van der Waals surface area contributed by atoms with Gasteiger partial charge in [-0.05, 0) is 39.3 Å². The molecule has 2 rings (SSSR count). The molecule has 1 amide bonds. The van der Waals surface area contributed by atoms with Crippen molar-refractivity contribution in [2.24, 2.45) is 5.73 Å². The van der Waals surface area contributed by atoms with Crippen LogP contribution in [0.4, 0.5) is 0 Å². The van der Waals surface area contributed by atoms with E-state index in [1.807, 2.05) is 20.8 Å². The van der Waals surface area contributed by atoms with E-state index in [0.29, 0.717) is 30.1 Å². The molecule has 0 aliphatic rings. The van der Waals surface area contributed by atoms with Gasteiger partial charge in [0.1, 0.15) is 10.7 Å². The lowest BCUT2D eigenvalue weighted by molar-refractivity contribution is -0.120. The summed E-state index contributed by atoms with van der Waals surface area (Å²) in [6.07, 6.45) is 0.770. The van der Waals surface area contributed by atoms with Gasteiger partial charge in [0, 0.05) is 11.4 Å². The Labute approximate surface area is 143 Å². The van der Waals surface area contributed by atoms with Crippen LogP contribution in [-0.2, 0) is 10.5 Å². The third kappa shape index (κ3) is 4.33. The van der Waals surface area contributed by atoms with E-state index in [4.69, 9.17) is 5.73 Å². The number of hydrogen-bond acceptors (Lipinski definition) is 6. The van der Waals surface area contributed by atoms with Crippen LogP contribution in [0, 0.1) is 13.8 Å². The minimum atomic E-state index is -0.208. The zero-order chi connectivity index (χ0) is 17.0. The number of carbonyl (C=O) groups is 1. The normalized spacial score (nSPS) is 12.5. The molecule has 1 atom stereocenters. The summed E-state index contributed by atoms with van der Waals surface area (Å²) in [5, 5.41) is 3.31. The summed E-state index contributed by atoms with van der Waals surface area (Å²) in [5.41, 5.74) is 6.29. The fourth-order valence-electron chi connectivity index (χ4n) is 2.10. The minimum Gasteiger partial charge on any atom is -0.355 e. The molecule has 6 nitrogen and oxygen atoms in total. The maximum absolute atomic E-state index is 12.2. The van der Waals surface area contributed by atoms with Gasteiger partial charge in [0.25, 0.3) is 5.56 Å². The van der Waals surface area contributed by atoms with E-state index in [1.165, 1.54) is 23.1 Å². The SMILES string of the molecule is Cc1sc2nc(CSC(C)C(=O)NCCCN)[nH]c(=O)c2c1C. The Hall–Kier alpha value is -1.38. The summed E-state index contributed by atoms with van der Waals surface area (Å²) in [4.78, 5) is 33.3. The van der Waals surface area contributed by atoms with Gasteiger partial charge in [-0.25, -0.2) is 4.98 Å². The summed E-state index contributed by atoms with van der Waals surface area (Å²) in [7, 11) is 0. The number of aromatic amines is 1. The fraction of sp³-hybridized carbons (Fsp3) is 0.533. The number of aryl methyl sites for hydroxylation is 2. The molecule has 0 radical (unpaired) electrons. The Balaban J connectivity index is 2.02. The van der Waals surface area contributed by atoms with Gasteiger partial charge in [0.15, 0.2) is 0 Å². The number of thioether (sulfide) groups is 1. The molecule has 0 fully saturated rings. The largest absolute Gasteiger partial charge is 0.355 e. The first-order chi connectivity index (χ1) is 10.9. The number of nitrogens with two attached hydrogens (primary N) is 1. The molecule has 23 heavy (non-hydrogen) atoms. The first kappa shape index (κ1) is 18.0. The van der Waals surface area contributed by atoms with E-state index in [2.05, 4.69) is 15.3 Å². The molecule has 8 heteroatoms. The maximum Gasteiger partial charge on any atom is 0.259 e. The van der Waals surface area contributed by atoms with Crippen molar-refractivity contribution in [1.82, 2.24) is 15.3 Å². The van der Waals surface area contributed by atoms with E-state index in [0.717, 1.165) is 21.7 Å². The zero-order valence-corrected chi connectivity index (χ0v) is 15.2. The second-order valence-electron chi connectivity index (χ2n) is 5.36. The number of nitrogens with one attached hydrogen (secondary N) is 2. The summed E-state index contributed by atoms with van der Waals surface area (Å²) >= 11 is 2.98. The Morgan fingerprint density at radius 2 is 2.22 bits per heavy atom. The van der Waals surface area contributed by atoms with Crippen molar-refractivity contribution in [3.8, 4) is 0 Å². The van der Waals surface area contributed by atoms with Crippen molar-refractivity contribution in [3.63, 3.8) is 0 Å². The number of amides is 1. The average molecular weight is 355 g/mol. The Bertz CT molecular complexity index is 754. The maximum atomic E-state index is 12.2. The molecule has 0 aliphatic carbocycles. The van der Waals surface area contributed by atoms with Crippen LogP contribution < -0.4 is 16.6 Å². The van der Waals surface area contributed by atoms with Crippen molar-refractivity contribution < 1.29 is 4.79 Å². The van der Waals surface area contributed by atoms with Crippen LogP contribution in [0.25, 0.3) is 10.2 Å². The number of hydrogen-bond donors (Lipinski definition) is 3. The molecular formula is C15H22N4O2S2. The van der Waals surface area contributed by atoms with Gasteiger partial charge in [-0.2, -0.15) is 0 Å². The van der Waals surface area contributed by atoms with Gasteiger partial charge >= 0.3 is 0 Å². The quantitative estimate of drug-likeness (QED) is 0.657. The van der Waals surface area contributed by atoms with Crippen LogP contribution in [0.15, 0.2) is 4.79 Å². The van der Waals surface area contributed by atoms with Gasteiger partial charge in [-0.1, -0.05) is 0 Å². The lowest BCUT2D eigenvalue weighted by Crippen LogP contribution is -2.32. The van der Waals surface area contributed by atoms with Crippen molar-refractivity contribution in [2.75, 3.05) is 13.1 Å². The predicted octanol–water partition coefficient (Wildman–Crippen LogP) is 1.69. The zero-order valence-electron chi connectivity index (χ0n) is 13.6. The highest BCUT2D eigenvalue weighted by Crippen LogP contribution is 2.26. The Morgan fingerprint density at radius 1 is 1.48 bits per heavy atom. The second kappa shape index (κ2) is 7.94. The third-order valence-electron chi connectivity index (χ3n) is 3.61. The third-order valence-corrected chi connectivity index (χ3v) is 5.86. The predicted molar refractivity (Wildman–Crippen MR) is 97.2 cm³/mol. The van der Waals surface area contributed by atoms with Crippen LogP contribution in [0.1, 0.15) is 29.6 Å². The van der Waals surface area contributed by atoms with Crippen LogP contribution >= 0.6 is 23.1 Å². The van der Waals surface area contributed by atoms with Crippen molar-refractivity contribution in [2.45, 2.75) is 38.2 Å². The number of fused-ring (bicyclic) bond motifs is 1. The average Bonchev–Trinajstić information content (AvgIpc) is 2.80. The highest BCUT2D eigenvalue weighted by atomic mass is 32.2. The van der Waals surface area contributed by atoms with E-state index < -0.39 is 0 Å². The van der Waals surface area contributed by atoms with Crippen LogP contribution in [0.2, 0.25) is 0 Å². The number of carbonyl (C=O) groups excluding carboxylic acids is 1. The molecule has 4 N–H and O–H groups in total. The molecule has 0 aromatic carbocycles. The lowest BCUT2D eigenvalue weighted by Gasteiger charge is -2.11. The summed E-state index contributed by atoms with van der Waals surface area (Å²) in [6, 6.07) is 0. The lowest BCUT2D eigenvalue weighted by atomic mass is 10.2. The number of aromatic nitrogens is 2. The van der Waals surface area contributed by atoms with E-state index in [9.17, 15) is 9.59 Å². The smallest absolute Gasteiger partial charge is 0.259 e. The summed E-state index contributed by atoms with van der Waals surface area (Å²) < 4.78 is 0. The topological polar surface area (TPSA) is 101 Å². The summed E-state index contributed by atoms with van der Waals surface area (Å²) in [5.74, 6) is 1.08. The molecule has 2 heterocycles. The first-order valence-electron chi connectivity index (χ1n) is 7.52. The Morgan fingerprint density at radius 3 is 2.91 bits per heavy atom. The highest BCUT2D eigenvalue weighted by molar-refractivity contribution is 7.99. The Kier molecular flexibility index (Phi) is 6.20. The monoisotopic (exact) mass is 354 g/mol. The second-order valence-corrected chi connectivity index (χ2v) is 7.89. The van der Waals surface area contributed by atoms with Gasteiger partial charge in [0.2, 0.25) is 5.91 Å². The van der Waals surface area contributed by atoms with Crippen LogP contribution in [0.3, 0.4) is 0 Å². The van der Waals surface area contributed by atoms with Crippen LogP contribution in [0.5, 0.6) is 0 Å². The van der Waals surface area contributed by atoms with Gasteiger partial charge < -0.3 is 16.0 Å². The molecule has 0 saturated heterocycles. The molecule has 0 bridgehead atoms. The fourth-order valence-corrected chi connectivity index (χ4v) is 3.93. The van der Waals surface area contributed by atoms with Crippen LogP contribution in [-0.4, -0.2) is 34.2 Å². The molecule has 2 aromatic heterocycles. The van der Waals surface area contributed by atoms with Crippen molar-refractivity contribution in [1.29, 1.82) is 0 Å². The van der Waals surface area contributed by atoms with Crippen molar-refractivity contribution in [3.05, 3.63) is 26.6 Å². The molecule has 1 unspecified atom stereocenters. The molecule has 126 valence electrons.